The third kappa shape index (κ3) is 4.85. The molecule has 3 nitrogen and oxygen atoms in total. The van der Waals surface area contributed by atoms with Crippen LogP contribution in [0.4, 0.5) is 4.79 Å². The number of nitrogens with zero attached hydrogens (tertiary/aromatic N) is 1. The number of benzene rings is 1. The van der Waals surface area contributed by atoms with Gasteiger partial charge in [0.15, 0.2) is 0 Å². The second-order valence-electron chi connectivity index (χ2n) is 7.31. The maximum absolute atomic E-state index is 12.7. The average Bonchev–Trinajstić information content (AvgIpc) is 3.30. The molecule has 126 valence electrons. The maximum Gasteiger partial charge on any atom is 0.318 e. The van der Waals surface area contributed by atoms with Crippen molar-refractivity contribution in [2.24, 2.45) is 5.92 Å². The highest BCUT2D eigenvalue weighted by Gasteiger charge is 2.29. The van der Waals surface area contributed by atoms with Crippen LogP contribution in [0.2, 0.25) is 0 Å². The smallest absolute Gasteiger partial charge is 0.318 e. The number of carbonyl (C=O) groups excluding carboxylic acids is 1. The Kier molecular flexibility index (Phi) is 5.51. The molecule has 1 aromatic carbocycles. The fourth-order valence-corrected chi connectivity index (χ4v) is 2.75. The van der Waals surface area contributed by atoms with Gasteiger partial charge in [-0.15, -0.1) is 0 Å². The van der Waals surface area contributed by atoms with Gasteiger partial charge in [0.2, 0.25) is 0 Å². The predicted octanol–water partition coefficient (Wildman–Crippen LogP) is 4.79. The Balaban J connectivity index is 2.10. The van der Waals surface area contributed by atoms with Crippen LogP contribution in [0, 0.1) is 5.92 Å². The highest BCUT2D eigenvalue weighted by Crippen LogP contribution is 2.30. The second-order valence-corrected chi connectivity index (χ2v) is 7.31. The van der Waals surface area contributed by atoms with Crippen LogP contribution >= 0.6 is 0 Å². The Morgan fingerprint density at radius 1 is 1.39 bits per heavy atom. The molecule has 1 aliphatic rings. The lowest BCUT2D eigenvalue weighted by molar-refractivity contribution is 0.184. The third-order valence-corrected chi connectivity index (χ3v) is 4.45. The zero-order valence-corrected chi connectivity index (χ0v) is 15.0. The summed E-state index contributed by atoms with van der Waals surface area (Å²) in [5.74, 6) is 0.710. The first kappa shape index (κ1) is 17.6. The van der Waals surface area contributed by atoms with Gasteiger partial charge >= 0.3 is 6.03 Å². The minimum Gasteiger partial charge on any atom is -0.329 e. The number of nitrogens with one attached hydrogen (secondary N) is 1. The van der Waals surface area contributed by atoms with E-state index in [0.29, 0.717) is 5.92 Å². The van der Waals surface area contributed by atoms with E-state index in [-0.39, 0.29) is 6.03 Å². The third-order valence-electron chi connectivity index (χ3n) is 4.45. The van der Waals surface area contributed by atoms with Gasteiger partial charge in [0.05, 0.1) is 5.54 Å². The summed E-state index contributed by atoms with van der Waals surface area (Å²) in [4.78, 5) is 14.7. The lowest BCUT2D eigenvalue weighted by atomic mass is 9.92. The van der Waals surface area contributed by atoms with Crippen LogP contribution in [-0.4, -0.2) is 24.0 Å². The number of rotatable bonds is 7. The molecule has 0 bridgehead atoms. The summed E-state index contributed by atoms with van der Waals surface area (Å²) in [6.45, 7) is 14.0. The molecule has 0 saturated heterocycles. The Bertz CT molecular complexity index is 573. The molecule has 0 aliphatic heterocycles. The number of hydrogen-bond acceptors (Lipinski definition) is 1. The van der Waals surface area contributed by atoms with Crippen molar-refractivity contribution in [1.82, 2.24) is 10.2 Å². The van der Waals surface area contributed by atoms with Crippen molar-refractivity contribution < 1.29 is 4.79 Å². The van der Waals surface area contributed by atoms with Crippen LogP contribution in [0.25, 0.3) is 5.57 Å². The van der Waals surface area contributed by atoms with E-state index in [1.165, 1.54) is 12.8 Å². The predicted molar refractivity (Wildman–Crippen MR) is 97.3 cm³/mol. The molecule has 1 aromatic rings. The van der Waals surface area contributed by atoms with Gasteiger partial charge in [-0.25, -0.2) is 4.79 Å². The molecule has 0 radical (unpaired) electrons. The topological polar surface area (TPSA) is 32.3 Å². The van der Waals surface area contributed by atoms with Gasteiger partial charge in [-0.2, -0.15) is 0 Å². The summed E-state index contributed by atoms with van der Waals surface area (Å²) in [7, 11) is 0. The molecule has 0 aromatic heterocycles. The average molecular weight is 314 g/mol. The van der Waals surface area contributed by atoms with Crippen molar-refractivity contribution in [2.45, 2.75) is 52.5 Å². The van der Waals surface area contributed by atoms with Crippen LogP contribution in [0.15, 0.2) is 30.8 Å². The van der Waals surface area contributed by atoms with E-state index in [0.717, 1.165) is 36.2 Å². The maximum atomic E-state index is 12.7. The van der Waals surface area contributed by atoms with Gasteiger partial charge in [-0.3, -0.25) is 0 Å². The van der Waals surface area contributed by atoms with Crippen LogP contribution in [-0.2, 0) is 5.54 Å². The van der Waals surface area contributed by atoms with Gasteiger partial charge in [0.1, 0.15) is 0 Å². The number of hydrogen-bond donors (Lipinski definition) is 1. The van der Waals surface area contributed by atoms with E-state index in [1.54, 1.807) is 0 Å². The number of urea groups is 1. The Morgan fingerprint density at radius 2 is 2.09 bits per heavy atom. The zero-order valence-electron chi connectivity index (χ0n) is 15.0. The summed E-state index contributed by atoms with van der Waals surface area (Å²) in [6.07, 6.45) is 3.51. The monoisotopic (exact) mass is 314 g/mol. The summed E-state index contributed by atoms with van der Waals surface area (Å²) in [5.41, 5.74) is 2.86. The summed E-state index contributed by atoms with van der Waals surface area (Å²) >= 11 is 0. The first-order valence-corrected chi connectivity index (χ1v) is 8.67. The summed E-state index contributed by atoms with van der Waals surface area (Å²) < 4.78 is 0. The Morgan fingerprint density at radius 3 is 2.65 bits per heavy atom. The molecule has 1 N–H and O–H groups in total. The second kappa shape index (κ2) is 7.20. The quantitative estimate of drug-likeness (QED) is 0.771. The van der Waals surface area contributed by atoms with Gasteiger partial charge in [0.25, 0.3) is 0 Å². The van der Waals surface area contributed by atoms with Crippen molar-refractivity contribution >= 4 is 11.6 Å². The molecule has 0 heterocycles. The fraction of sp³-hybridized carbons (Fsp3) is 0.550. The molecule has 23 heavy (non-hydrogen) atoms. The van der Waals surface area contributed by atoms with Gasteiger partial charge in [-0.05, 0) is 63.1 Å². The van der Waals surface area contributed by atoms with Crippen molar-refractivity contribution in [3.8, 4) is 0 Å². The zero-order chi connectivity index (χ0) is 17.0. The standard InChI is InChI=1S/C20H30N2O/c1-6-12-22(14-16-10-11-16)19(23)21-20(4,5)18-9-7-8-17(13-18)15(2)3/h7-9,13,16H,2,6,10-12,14H2,1,3-5H3,(H,21,23). The van der Waals surface area contributed by atoms with Gasteiger partial charge in [0, 0.05) is 13.1 Å². The highest BCUT2D eigenvalue weighted by atomic mass is 16.2. The minimum atomic E-state index is -0.405. The van der Waals surface area contributed by atoms with Crippen molar-refractivity contribution in [3.63, 3.8) is 0 Å². The molecule has 0 atom stereocenters. The van der Waals surface area contributed by atoms with Crippen LogP contribution in [0.1, 0.15) is 58.1 Å². The lowest BCUT2D eigenvalue weighted by Crippen LogP contribution is -2.49. The first-order valence-electron chi connectivity index (χ1n) is 8.67. The van der Waals surface area contributed by atoms with Crippen molar-refractivity contribution in [3.05, 3.63) is 42.0 Å². The largest absolute Gasteiger partial charge is 0.329 e. The fourth-order valence-electron chi connectivity index (χ4n) is 2.75. The van der Waals surface area contributed by atoms with E-state index >= 15 is 0 Å². The first-order chi connectivity index (χ1) is 10.8. The Hall–Kier alpha value is -1.77. The molecule has 2 amide bonds. The highest BCUT2D eigenvalue weighted by molar-refractivity contribution is 5.75. The van der Waals surface area contributed by atoms with E-state index < -0.39 is 5.54 Å². The van der Waals surface area contributed by atoms with Crippen LogP contribution < -0.4 is 5.32 Å². The van der Waals surface area contributed by atoms with Gasteiger partial charge < -0.3 is 10.2 Å². The normalized spacial score (nSPS) is 14.4. The van der Waals surface area contributed by atoms with E-state index in [4.69, 9.17) is 0 Å². The molecule has 1 aliphatic carbocycles. The molecular weight excluding hydrogens is 284 g/mol. The van der Waals surface area contributed by atoms with E-state index in [9.17, 15) is 4.79 Å². The summed E-state index contributed by atoms with van der Waals surface area (Å²) in [5, 5.41) is 3.21. The Labute approximate surface area is 140 Å². The molecule has 2 rings (SSSR count). The molecule has 3 heteroatoms. The van der Waals surface area contributed by atoms with Crippen LogP contribution in [0.5, 0.6) is 0 Å². The van der Waals surface area contributed by atoms with E-state index in [2.05, 4.69) is 50.9 Å². The van der Waals surface area contributed by atoms with Gasteiger partial charge in [-0.1, -0.05) is 37.3 Å². The molecular formula is C20H30N2O. The number of amides is 2. The molecule has 0 unspecified atom stereocenters. The SMILES string of the molecule is C=C(C)c1cccc(C(C)(C)NC(=O)N(CCC)CC2CC2)c1. The lowest BCUT2D eigenvalue weighted by Gasteiger charge is -2.32. The van der Waals surface area contributed by atoms with E-state index in [1.807, 2.05) is 17.9 Å². The molecule has 1 fully saturated rings. The number of allylic oxidation sites excluding steroid dienone is 1. The number of carbonyl (C=O) groups is 1. The summed E-state index contributed by atoms with van der Waals surface area (Å²) in [6, 6.07) is 8.32. The molecule has 1 saturated carbocycles. The van der Waals surface area contributed by atoms with Crippen molar-refractivity contribution in [2.75, 3.05) is 13.1 Å². The van der Waals surface area contributed by atoms with Crippen LogP contribution in [0.3, 0.4) is 0 Å². The minimum absolute atomic E-state index is 0.0458. The van der Waals surface area contributed by atoms with Crippen molar-refractivity contribution in [1.29, 1.82) is 0 Å². The molecule has 0 spiro atoms.